The van der Waals surface area contributed by atoms with Crippen LogP contribution < -0.4 is 5.73 Å². The topological polar surface area (TPSA) is 64.7 Å². The lowest BCUT2D eigenvalue weighted by atomic mass is 10.4. The van der Waals surface area contributed by atoms with Crippen LogP contribution in [0.2, 0.25) is 0 Å². The number of rotatable bonds is 3. The van der Waals surface area contributed by atoms with Crippen LogP contribution in [-0.2, 0) is 5.75 Å². The van der Waals surface area contributed by atoms with Crippen molar-refractivity contribution in [2.45, 2.75) is 10.8 Å². The van der Waals surface area contributed by atoms with Crippen LogP contribution in [-0.4, -0.2) is 15.0 Å². The summed E-state index contributed by atoms with van der Waals surface area (Å²) in [4.78, 5) is 12.3. The average molecular weight is 218 g/mol. The number of pyridine rings is 1. The lowest BCUT2D eigenvalue weighted by Crippen LogP contribution is -1.93. The Balaban J connectivity index is 1.99. The van der Waals surface area contributed by atoms with Gasteiger partial charge in [0, 0.05) is 18.1 Å². The van der Waals surface area contributed by atoms with Crippen LogP contribution in [0.4, 0.5) is 5.82 Å². The molecular weight excluding hydrogens is 208 g/mol. The summed E-state index contributed by atoms with van der Waals surface area (Å²) in [5.74, 6) is 1.30. The van der Waals surface area contributed by atoms with E-state index in [1.54, 1.807) is 36.4 Å². The highest BCUT2D eigenvalue weighted by atomic mass is 32.2. The Kier molecular flexibility index (Phi) is 3.14. The molecule has 0 aliphatic rings. The molecule has 0 aromatic carbocycles. The predicted molar refractivity (Wildman–Crippen MR) is 60.2 cm³/mol. The molecule has 0 saturated heterocycles. The second-order valence-corrected chi connectivity index (χ2v) is 3.88. The molecule has 0 saturated carbocycles. The molecule has 0 fully saturated rings. The van der Waals surface area contributed by atoms with Gasteiger partial charge in [0.1, 0.15) is 10.8 Å². The maximum atomic E-state index is 5.58. The second-order valence-electron chi connectivity index (χ2n) is 2.89. The number of hydrogen-bond acceptors (Lipinski definition) is 5. The van der Waals surface area contributed by atoms with Gasteiger partial charge in [0.05, 0.1) is 11.9 Å². The lowest BCUT2D eigenvalue weighted by molar-refractivity contribution is 1.05. The molecule has 2 aromatic heterocycles. The molecular formula is C10H10N4S. The van der Waals surface area contributed by atoms with Gasteiger partial charge >= 0.3 is 0 Å². The van der Waals surface area contributed by atoms with Gasteiger partial charge in [0.2, 0.25) is 0 Å². The molecule has 2 rings (SSSR count). The minimum absolute atomic E-state index is 0.548. The minimum Gasteiger partial charge on any atom is -0.384 e. The smallest absolute Gasteiger partial charge is 0.123 e. The van der Waals surface area contributed by atoms with Gasteiger partial charge in [-0.2, -0.15) is 0 Å². The van der Waals surface area contributed by atoms with Crippen LogP contribution in [0, 0.1) is 0 Å². The zero-order valence-electron chi connectivity index (χ0n) is 8.00. The Morgan fingerprint density at radius 2 is 2.20 bits per heavy atom. The minimum atomic E-state index is 0.548. The molecule has 0 aliphatic heterocycles. The van der Waals surface area contributed by atoms with Gasteiger partial charge in [0.25, 0.3) is 0 Å². The van der Waals surface area contributed by atoms with Crippen molar-refractivity contribution in [3.63, 3.8) is 0 Å². The summed E-state index contributed by atoms with van der Waals surface area (Å²) in [7, 11) is 0. The summed E-state index contributed by atoms with van der Waals surface area (Å²) in [6.07, 6.45) is 5.06. The number of thioether (sulfide) groups is 1. The molecule has 2 heterocycles. The average Bonchev–Trinajstić information content (AvgIpc) is 2.28. The quantitative estimate of drug-likeness (QED) is 0.795. The summed E-state index contributed by atoms with van der Waals surface area (Å²) in [6.45, 7) is 0. The monoisotopic (exact) mass is 218 g/mol. The van der Waals surface area contributed by atoms with Crippen LogP contribution >= 0.6 is 11.8 Å². The van der Waals surface area contributed by atoms with E-state index in [0.29, 0.717) is 5.82 Å². The predicted octanol–water partition coefficient (Wildman–Crippen LogP) is 1.75. The summed E-state index contributed by atoms with van der Waals surface area (Å²) in [5.41, 5.74) is 6.53. The normalized spacial score (nSPS) is 10.1. The molecule has 2 N–H and O–H groups in total. The van der Waals surface area contributed by atoms with Crippen LogP contribution in [0.1, 0.15) is 5.69 Å². The number of aromatic nitrogens is 3. The van der Waals surface area contributed by atoms with E-state index in [1.807, 2.05) is 12.1 Å². The largest absolute Gasteiger partial charge is 0.384 e. The van der Waals surface area contributed by atoms with Crippen molar-refractivity contribution in [3.05, 3.63) is 42.5 Å². The highest BCUT2D eigenvalue weighted by molar-refractivity contribution is 7.98. The van der Waals surface area contributed by atoms with Crippen LogP contribution in [0.25, 0.3) is 0 Å². The fraction of sp³-hybridized carbons (Fsp3) is 0.100. The molecule has 76 valence electrons. The van der Waals surface area contributed by atoms with Crippen LogP contribution in [0.15, 0.2) is 41.8 Å². The van der Waals surface area contributed by atoms with Gasteiger partial charge in [-0.15, -0.1) is 0 Å². The molecule has 0 aliphatic carbocycles. The third-order valence-corrected chi connectivity index (χ3v) is 2.68. The third-order valence-electron chi connectivity index (χ3n) is 1.74. The Morgan fingerprint density at radius 3 is 2.93 bits per heavy atom. The van der Waals surface area contributed by atoms with Gasteiger partial charge in [-0.1, -0.05) is 17.8 Å². The first-order chi connectivity index (χ1) is 7.34. The van der Waals surface area contributed by atoms with Gasteiger partial charge in [-0.25, -0.2) is 9.97 Å². The van der Waals surface area contributed by atoms with E-state index in [9.17, 15) is 0 Å². The van der Waals surface area contributed by atoms with Gasteiger partial charge in [-0.3, -0.25) is 4.98 Å². The Hall–Kier alpha value is -1.62. The van der Waals surface area contributed by atoms with Crippen molar-refractivity contribution < 1.29 is 0 Å². The number of hydrogen-bond donors (Lipinski definition) is 1. The van der Waals surface area contributed by atoms with E-state index in [-0.39, 0.29) is 0 Å². The van der Waals surface area contributed by atoms with Gasteiger partial charge in [-0.05, 0) is 12.1 Å². The first-order valence-corrected chi connectivity index (χ1v) is 5.43. The molecule has 4 nitrogen and oxygen atoms in total. The summed E-state index contributed by atoms with van der Waals surface area (Å²) >= 11 is 1.59. The first kappa shape index (κ1) is 9.92. The highest BCUT2D eigenvalue weighted by Gasteiger charge is 1.98. The molecule has 15 heavy (non-hydrogen) atoms. The fourth-order valence-electron chi connectivity index (χ4n) is 1.09. The van der Waals surface area contributed by atoms with E-state index in [2.05, 4.69) is 15.0 Å². The van der Waals surface area contributed by atoms with E-state index >= 15 is 0 Å². The molecule has 5 heteroatoms. The van der Waals surface area contributed by atoms with Crippen molar-refractivity contribution in [2.24, 2.45) is 0 Å². The number of anilines is 1. The van der Waals surface area contributed by atoms with E-state index in [0.717, 1.165) is 16.5 Å². The van der Waals surface area contributed by atoms with Crippen molar-refractivity contribution in [2.75, 3.05) is 5.73 Å². The fourth-order valence-corrected chi connectivity index (χ4v) is 1.81. The maximum absolute atomic E-state index is 5.58. The molecule has 0 atom stereocenters. The number of nitrogens with zero attached hydrogens (tertiary/aromatic N) is 3. The van der Waals surface area contributed by atoms with E-state index in [4.69, 9.17) is 5.73 Å². The van der Waals surface area contributed by atoms with E-state index < -0.39 is 0 Å². The van der Waals surface area contributed by atoms with Crippen molar-refractivity contribution in [3.8, 4) is 0 Å². The lowest BCUT2D eigenvalue weighted by Gasteiger charge is -2.00. The SMILES string of the molecule is Nc1cccc(CSc2cnccn2)n1. The van der Waals surface area contributed by atoms with Crippen LogP contribution in [0.3, 0.4) is 0 Å². The van der Waals surface area contributed by atoms with Gasteiger partial charge in [0.15, 0.2) is 0 Å². The second kappa shape index (κ2) is 4.75. The standard InChI is InChI=1S/C10H10N4S/c11-9-3-1-2-8(14-9)7-15-10-6-12-4-5-13-10/h1-6H,7H2,(H2,11,14). The highest BCUT2D eigenvalue weighted by Crippen LogP contribution is 2.18. The molecule has 2 aromatic rings. The zero-order valence-corrected chi connectivity index (χ0v) is 8.81. The summed E-state index contributed by atoms with van der Waals surface area (Å²) < 4.78 is 0. The Bertz CT molecular complexity index is 432. The number of nitrogens with two attached hydrogens (primary N) is 1. The molecule has 0 amide bonds. The number of nitrogen functional groups attached to an aromatic ring is 1. The van der Waals surface area contributed by atoms with Crippen molar-refractivity contribution in [1.82, 2.24) is 15.0 Å². The molecule has 0 unspecified atom stereocenters. The third kappa shape index (κ3) is 2.92. The molecule has 0 spiro atoms. The van der Waals surface area contributed by atoms with Crippen molar-refractivity contribution >= 4 is 17.6 Å². The first-order valence-electron chi connectivity index (χ1n) is 4.45. The Labute approximate surface area is 92.0 Å². The van der Waals surface area contributed by atoms with Crippen molar-refractivity contribution in [1.29, 1.82) is 0 Å². The maximum Gasteiger partial charge on any atom is 0.123 e. The zero-order chi connectivity index (χ0) is 10.5. The van der Waals surface area contributed by atoms with Crippen LogP contribution in [0.5, 0.6) is 0 Å². The molecule has 0 bridgehead atoms. The Morgan fingerprint density at radius 1 is 1.27 bits per heavy atom. The summed E-state index contributed by atoms with van der Waals surface area (Å²) in [5, 5.41) is 0.890. The summed E-state index contributed by atoms with van der Waals surface area (Å²) in [6, 6.07) is 5.62. The van der Waals surface area contributed by atoms with Gasteiger partial charge < -0.3 is 5.73 Å². The molecule has 0 radical (unpaired) electrons. The van der Waals surface area contributed by atoms with E-state index in [1.165, 1.54) is 0 Å².